The Morgan fingerprint density at radius 1 is 1.32 bits per heavy atom. The zero-order valence-corrected chi connectivity index (χ0v) is 10.7. The number of hydrogen-bond acceptors (Lipinski definition) is 3. The number of carbonyl (C=O) groups is 1. The molecule has 0 bridgehead atoms. The molecule has 0 spiro atoms. The van der Waals surface area contributed by atoms with Gasteiger partial charge in [0.1, 0.15) is 17.2 Å². The van der Waals surface area contributed by atoms with E-state index in [4.69, 9.17) is 9.47 Å². The first-order chi connectivity index (χ1) is 9.10. The van der Waals surface area contributed by atoms with Crippen LogP contribution in [0.1, 0.15) is 30.1 Å². The van der Waals surface area contributed by atoms with Gasteiger partial charge in [0.2, 0.25) is 5.78 Å². The van der Waals surface area contributed by atoms with Crippen molar-refractivity contribution in [1.29, 1.82) is 0 Å². The van der Waals surface area contributed by atoms with Gasteiger partial charge in [-0.25, -0.2) is 8.78 Å². The highest BCUT2D eigenvalue weighted by molar-refractivity contribution is 6.03. The van der Waals surface area contributed by atoms with E-state index in [1.54, 1.807) is 6.92 Å². The SMILES string of the molecule is CCOC1(C(=O)c2c(F)cccc2F)CCOCC1. The van der Waals surface area contributed by atoms with Gasteiger partial charge in [0.25, 0.3) is 0 Å². The zero-order chi connectivity index (χ0) is 13.9. The molecule has 1 aliphatic rings. The first-order valence-corrected chi connectivity index (χ1v) is 6.31. The number of hydrogen-bond donors (Lipinski definition) is 0. The first kappa shape index (κ1) is 14.1. The summed E-state index contributed by atoms with van der Waals surface area (Å²) in [4.78, 5) is 12.5. The van der Waals surface area contributed by atoms with Crippen LogP contribution in [0.25, 0.3) is 0 Å². The van der Waals surface area contributed by atoms with Crippen molar-refractivity contribution in [3.05, 3.63) is 35.4 Å². The molecule has 1 saturated heterocycles. The van der Waals surface area contributed by atoms with Crippen molar-refractivity contribution in [2.24, 2.45) is 0 Å². The number of benzene rings is 1. The molecule has 1 aromatic rings. The normalized spacial score (nSPS) is 18.3. The Kier molecular flexibility index (Phi) is 4.27. The Hall–Kier alpha value is -1.33. The number of halogens is 2. The summed E-state index contributed by atoms with van der Waals surface area (Å²) in [6.45, 7) is 2.76. The third-order valence-corrected chi connectivity index (χ3v) is 3.32. The summed E-state index contributed by atoms with van der Waals surface area (Å²) in [7, 11) is 0. The lowest BCUT2D eigenvalue weighted by Crippen LogP contribution is -2.47. The van der Waals surface area contributed by atoms with Crippen LogP contribution < -0.4 is 0 Å². The maximum atomic E-state index is 13.7. The fourth-order valence-corrected chi connectivity index (χ4v) is 2.36. The highest BCUT2D eigenvalue weighted by atomic mass is 19.1. The second-order valence-electron chi connectivity index (χ2n) is 4.47. The van der Waals surface area contributed by atoms with E-state index in [-0.39, 0.29) is 0 Å². The molecule has 0 amide bonds. The predicted molar refractivity (Wildman–Crippen MR) is 65.1 cm³/mol. The number of Topliss-reactive ketones (excluding diaryl/α,β-unsaturated/α-hetero) is 1. The molecule has 1 heterocycles. The van der Waals surface area contributed by atoms with E-state index in [0.29, 0.717) is 32.7 Å². The highest BCUT2D eigenvalue weighted by Crippen LogP contribution is 2.31. The standard InChI is InChI=1S/C14H16F2O3/c1-2-19-14(6-8-18-9-7-14)13(17)12-10(15)4-3-5-11(12)16/h3-5H,2,6-9H2,1H3. The highest BCUT2D eigenvalue weighted by Gasteiger charge is 2.43. The lowest BCUT2D eigenvalue weighted by atomic mass is 9.85. The molecular formula is C14H16F2O3. The summed E-state index contributed by atoms with van der Waals surface area (Å²) in [6, 6.07) is 3.39. The molecule has 1 fully saturated rings. The van der Waals surface area contributed by atoms with Crippen LogP contribution in [0.5, 0.6) is 0 Å². The quantitative estimate of drug-likeness (QED) is 0.789. The predicted octanol–water partition coefficient (Wildman–Crippen LogP) is 2.73. The van der Waals surface area contributed by atoms with Gasteiger partial charge in [0, 0.05) is 32.7 Å². The maximum absolute atomic E-state index is 13.7. The molecule has 0 atom stereocenters. The second-order valence-corrected chi connectivity index (χ2v) is 4.47. The Balaban J connectivity index is 2.39. The van der Waals surface area contributed by atoms with Crippen LogP contribution in [0.3, 0.4) is 0 Å². The second kappa shape index (κ2) is 5.75. The molecule has 2 rings (SSSR count). The number of ketones is 1. The first-order valence-electron chi connectivity index (χ1n) is 6.31. The number of rotatable bonds is 4. The van der Waals surface area contributed by atoms with E-state index >= 15 is 0 Å². The molecule has 104 valence electrons. The van der Waals surface area contributed by atoms with Crippen LogP contribution in [0.15, 0.2) is 18.2 Å². The van der Waals surface area contributed by atoms with Crippen LogP contribution >= 0.6 is 0 Å². The Bertz CT molecular complexity index is 442. The van der Waals surface area contributed by atoms with Crippen LogP contribution in [0, 0.1) is 11.6 Å². The van der Waals surface area contributed by atoms with E-state index in [9.17, 15) is 13.6 Å². The van der Waals surface area contributed by atoms with Crippen molar-refractivity contribution in [3.63, 3.8) is 0 Å². The van der Waals surface area contributed by atoms with Crippen molar-refractivity contribution < 1.29 is 23.0 Å². The topological polar surface area (TPSA) is 35.5 Å². The minimum atomic E-state index is -1.17. The molecule has 5 heteroatoms. The Labute approximate surface area is 110 Å². The molecular weight excluding hydrogens is 254 g/mol. The van der Waals surface area contributed by atoms with Gasteiger partial charge in [-0.15, -0.1) is 0 Å². The van der Waals surface area contributed by atoms with Gasteiger partial charge in [0.15, 0.2) is 0 Å². The average Bonchev–Trinajstić information content (AvgIpc) is 2.40. The summed E-state index contributed by atoms with van der Waals surface area (Å²) in [5, 5.41) is 0. The molecule has 1 aromatic carbocycles. The van der Waals surface area contributed by atoms with E-state index in [1.165, 1.54) is 6.07 Å². The molecule has 0 unspecified atom stereocenters. The molecule has 0 saturated carbocycles. The van der Waals surface area contributed by atoms with Gasteiger partial charge >= 0.3 is 0 Å². The van der Waals surface area contributed by atoms with Crippen molar-refractivity contribution in [2.45, 2.75) is 25.4 Å². The molecule has 3 nitrogen and oxygen atoms in total. The lowest BCUT2D eigenvalue weighted by molar-refractivity contribution is -0.0825. The minimum Gasteiger partial charge on any atom is -0.381 e. The van der Waals surface area contributed by atoms with Gasteiger partial charge in [-0.05, 0) is 19.1 Å². The van der Waals surface area contributed by atoms with E-state index in [2.05, 4.69) is 0 Å². The van der Waals surface area contributed by atoms with Crippen molar-refractivity contribution >= 4 is 5.78 Å². The van der Waals surface area contributed by atoms with Gasteiger partial charge in [-0.2, -0.15) is 0 Å². The van der Waals surface area contributed by atoms with Crippen LogP contribution in [-0.4, -0.2) is 31.2 Å². The summed E-state index contributed by atoms with van der Waals surface area (Å²) in [6.07, 6.45) is 0.626. The lowest BCUT2D eigenvalue weighted by Gasteiger charge is -2.35. The molecule has 0 radical (unpaired) electrons. The van der Waals surface area contributed by atoms with E-state index in [1.807, 2.05) is 0 Å². The van der Waals surface area contributed by atoms with Gasteiger partial charge in [-0.1, -0.05) is 6.07 Å². The summed E-state index contributed by atoms with van der Waals surface area (Å²) in [5.74, 6) is -2.33. The summed E-state index contributed by atoms with van der Waals surface area (Å²) in [5.41, 5.74) is -1.69. The molecule has 0 N–H and O–H groups in total. The minimum absolute atomic E-state index is 0.307. The van der Waals surface area contributed by atoms with Crippen molar-refractivity contribution in [1.82, 2.24) is 0 Å². The van der Waals surface area contributed by atoms with Gasteiger partial charge < -0.3 is 9.47 Å². The van der Waals surface area contributed by atoms with Crippen LogP contribution in [0.4, 0.5) is 8.78 Å². The maximum Gasteiger partial charge on any atom is 0.200 e. The fraction of sp³-hybridized carbons (Fsp3) is 0.500. The van der Waals surface area contributed by atoms with E-state index < -0.39 is 28.6 Å². The fourth-order valence-electron chi connectivity index (χ4n) is 2.36. The third kappa shape index (κ3) is 2.67. The van der Waals surface area contributed by atoms with Gasteiger partial charge in [-0.3, -0.25) is 4.79 Å². The molecule has 19 heavy (non-hydrogen) atoms. The molecule has 0 aromatic heterocycles. The smallest absolute Gasteiger partial charge is 0.200 e. The average molecular weight is 270 g/mol. The molecule has 0 aliphatic carbocycles. The van der Waals surface area contributed by atoms with Crippen molar-refractivity contribution in [3.8, 4) is 0 Å². The third-order valence-electron chi connectivity index (χ3n) is 3.32. The Morgan fingerprint density at radius 2 is 1.89 bits per heavy atom. The molecule has 1 aliphatic heterocycles. The zero-order valence-electron chi connectivity index (χ0n) is 10.7. The van der Waals surface area contributed by atoms with E-state index in [0.717, 1.165) is 12.1 Å². The number of ether oxygens (including phenoxy) is 2. The largest absolute Gasteiger partial charge is 0.381 e. The van der Waals surface area contributed by atoms with Gasteiger partial charge in [0.05, 0.1) is 5.56 Å². The summed E-state index contributed by atoms with van der Waals surface area (Å²) < 4.78 is 38.2. The van der Waals surface area contributed by atoms with Crippen LogP contribution in [-0.2, 0) is 9.47 Å². The summed E-state index contributed by atoms with van der Waals surface area (Å²) >= 11 is 0. The number of carbonyl (C=O) groups excluding carboxylic acids is 1. The van der Waals surface area contributed by atoms with Crippen molar-refractivity contribution in [2.75, 3.05) is 19.8 Å². The Morgan fingerprint density at radius 3 is 2.42 bits per heavy atom. The monoisotopic (exact) mass is 270 g/mol. The van der Waals surface area contributed by atoms with Crippen LogP contribution in [0.2, 0.25) is 0 Å².